The lowest BCUT2D eigenvalue weighted by Crippen LogP contribution is -2.28. The molecule has 0 radical (unpaired) electrons. The Morgan fingerprint density at radius 1 is 1.13 bits per heavy atom. The van der Waals surface area contributed by atoms with E-state index in [0.29, 0.717) is 33.3 Å². The van der Waals surface area contributed by atoms with Gasteiger partial charge in [0.15, 0.2) is 0 Å². The third-order valence-corrected chi connectivity index (χ3v) is 6.27. The maximum absolute atomic E-state index is 14.1. The minimum absolute atomic E-state index is 0.0818. The number of hydrogen-bond donors (Lipinski definition) is 1. The summed E-state index contributed by atoms with van der Waals surface area (Å²) in [4.78, 5) is 26.7. The van der Waals surface area contributed by atoms with E-state index < -0.39 is 0 Å². The van der Waals surface area contributed by atoms with Gasteiger partial charge in [-0.2, -0.15) is 0 Å². The molecule has 1 aliphatic rings. The highest BCUT2D eigenvalue weighted by atomic mass is 35.5. The number of halogens is 2. The van der Waals surface area contributed by atoms with Crippen LogP contribution in [-0.4, -0.2) is 17.6 Å². The Morgan fingerprint density at radius 2 is 1.93 bits per heavy atom. The summed E-state index contributed by atoms with van der Waals surface area (Å²) in [5.74, 6) is -0.401. The number of nitrogens with zero attached hydrogens (tertiary/aromatic N) is 1. The summed E-state index contributed by atoms with van der Waals surface area (Å²) in [6.07, 6.45) is 0. The van der Waals surface area contributed by atoms with Crippen LogP contribution in [0.1, 0.15) is 26.9 Å². The zero-order valence-corrected chi connectivity index (χ0v) is 17.6. The molecule has 1 fully saturated rings. The van der Waals surface area contributed by atoms with Crippen LogP contribution in [0.15, 0.2) is 66.7 Å². The van der Waals surface area contributed by atoms with Crippen LogP contribution in [-0.2, 0) is 4.79 Å². The summed E-state index contributed by atoms with van der Waals surface area (Å²) in [6.45, 7) is 1.68. The number of rotatable bonds is 4. The Morgan fingerprint density at radius 3 is 2.70 bits per heavy atom. The predicted octanol–water partition coefficient (Wildman–Crippen LogP) is 5.82. The van der Waals surface area contributed by atoms with Gasteiger partial charge in [-0.1, -0.05) is 35.9 Å². The van der Waals surface area contributed by atoms with Gasteiger partial charge in [0.25, 0.3) is 5.91 Å². The van der Waals surface area contributed by atoms with E-state index in [1.54, 1.807) is 54.3 Å². The van der Waals surface area contributed by atoms with Gasteiger partial charge in [0.1, 0.15) is 11.2 Å². The van der Waals surface area contributed by atoms with E-state index in [1.807, 2.05) is 18.2 Å². The fourth-order valence-electron chi connectivity index (χ4n) is 3.28. The summed E-state index contributed by atoms with van der Waals surface area (Å²) in [6, 6.07) is 18.8. The van der Waals surface area contributed by atoms with E-state index in [1.165, 1.54) is 17.8 Å². The number of nitrogens with one attached hydrogen (secondary N) is 1. The Labute approximate surface area is 183 Å². The number of benzene rings is 3. The van der Waals surface area contributed by atoms with Crippen LogP contribution in [0.2, 0.25) is 5.02 Å². The summed E-state index contributed by atoms with van der Waals surface area (Å²) < 4.78 is 14.1. The van der Waals surface area contributed by atoms with Gasteiger partial charge in [-0.15, -0.1) is 11.8 Å². The molecule has 30 heavy (non-hydrogen) atoms. The lowest BCUT2D eigenvalue weighted by molar-refractivity contribution is -0.115. The van der Waals surface area contributed by atoms with Crippen LogP contribution in [0.5, 0.6) is 0 Å². The van der Waals surface area contributed by atoms with E-state index in [-0.39, 0.29) is 23.0 Å². The van der Waals surface area contributed by atoms with Crippen molar-refractivity contribution in [1.29, 1.82) is 0 Å². The van der Waals surface area contributed by atoms with Gasteiger partial charge in [-0.25, -0.2) is 4.39 Å². The fourth-order valence-corrected chi connectivity index (χ4v) is 4.64. The third-order valence-electron chi connectivity index (χ3n) is 4.82. The fraction of sp³-hybridized carbons (Fsp3) is 0.130. The molecule has 0 saturated carbocycles. The molecule has 4 rings (SSSR count). The molecular formula is C23H18ClFN2O2S. The molecule has 4 nitrogen and oxygen atoms in total. The zero-order chi connectivity index (χ0) is 21.3. The standard InChI is InChI=1S/C23H18ClFN2O2S/c1-14-8-9-19(12-20(14)25)27-21(28)13-30-23(27)16-5-3-7-18(11-16)26-22(29)15-4-2-6-17(24)10-15/h2-12,23H,13H2,1H3,(H,26,29)/t23-/m0/s1. The number of carbonyl (C=O) groups excluding carboxylic acids is 2. The van der Waals surface area contributed by atoms with Gasteiger partial charge >= 0.3 is 0 Å². The topological polar surface area (TPSA) is 49.4 Å². The van der Waals surface area contributed by atoms with Gasteiger partial charge in [-0.05, 0) is 60.5 Å². The third kappa shape index (κ3) is 4.20. The van der Waals surface area contributed by atoms with E-state index in [0.717, 1.165) is 5.56 Å². The Bertz CT molecular complexity index is 1140. The SMILES string of the molecule is Cc1ccc(N2C(=O)CS[C@H]2c2cccc(NC(=O)c3cccc(Cl)c3)c2)cc1F. The minimum atomic E-state index is -0.349. The summed E-state index contributed by atoms with van der Waals surface area (Å²) in [5.41, 5.74) is 2.95. The number of amides is 2. The molecule has 1 heterocycles. The molecular weight excluding hydrogens is 423 g/mol. The summed E-state index contributed by atoms with van der Waals surface area (Å²) >= 11 is 7.43. The molecule has 0 bridgehead atoms. The van der Waals surface area contributed by atoms with Crippen molar-refractivity contribution in [2.24, 2.45) is 0 Å². The number of thioether (sulfide) groups is 1. The highest BCUT2D eigenvalue weighted by Gasteiger charge is 2.34. The van der Waals surface area contributed by atoms with Crippen molar-refractivity contribution < 1.29 is 14.0 Å². The molecule has 1 atom stereocenters. The average Bonchev–Trinajstić information content (AvgIpc) is 3.12. The van der Waals surface area contributed by atoms with Crippen molar-refractivity contribution in [2.45, 2.75) is 12.3 Å². The van der Waals surface area contributed by atoms with Gasteiger partial charge in [0.2, 0.25) is 5.91 Å². The van der Waals surface area contributed by atoms with Crippen LogP contribution in [0.4, 0.5) is 15.8 Å². The molecule has 2 amide bonds. The molecule has 1 saturated heterocycles. The number of anilines is 2. The second-order valence-corrected chi connectivity index (χ2v) is 8.46. The lowest BCUT2D eigenvalue weighted by atomic mass is 10.1. The molecule has 1 N–H and O–H groups in total. The molecule has 0 spiro atoms. The number of hydrogen-bond acceptors (Lipinski definition) is 3. The molecule has 0 aliphatic carbocycles. The predicted molar refractivity (Wildman–Crippen MR) is 120 cm³/mol. The summed E-state index contributed by atoms with van der Waals surface area (Å²) in [7, 11) is 0. The van der Waals surface area contributed by atoms with Gasteiger partial charge in [0, 0.05) is 22.0 Å². The summed E-state index contributed by atoms with van der Waals surface area (Å²) in [5, 5.41) is 3.04. The molecule has 3 aromatic rings. The van der Waals surface area contributed by atoms with Crippen LogP contribution >= 0.6 is 23.4 Å². The van der Waals surface area contributed by atoms with E-state index in [9.17, 15) is 14.0 Å². The van der Waals surface area contributed by atoms with E-state index in [4.69, 9.17) is 11.6 Å². The molecule has 7 heteroatoms. The second-order valence-electron chi connectivity index (χ2n) is 6.95. The van der Waals surface area contributed by atoms with Crippen molar-refractivity contribution >= 4 is 46.6 Å². The van der Waals surface area contributed by atoms with Crippen molar-refractivity contribution in [3.05, 3.63) is 94.3 Å². The number of carbonyl (C=O) groups is 2. The molecule has 152 valence electrons. The van der Waals surface area contributed by atoms with Crippen LogP contribution < -0.4 is 10.2 Å². The number of aryl methyl sites for hydroxylation is 1. The zero-order valence-electron chi connectivity index (χ0n) is 16.1. The highest BCUT2D eigenvalue weighted by molar-refractivity contribution is 8.00. The van der Waals surface area contributed by atoms with Crippen molar-refractivity contribution in [1.82, 2.24) is 0 Å². The first-order valence-electron chi connectivity index (χ1n) is 9.29. The molecule has 1 aliphatic heterocycles. The average molecular weight is 441 g/mol. The van der Waals surface area contributed by atoms with Gasteiger partial charge in [0.05, 0.1) is 5.75 Å². The van der Waals surface area contributed by atoms with Gasteiger partial charge in [-0.3, -0.25) is 14.5 Å². The van der Waals surface area contributed by atoms with Crippen LogP contribution in [0.3, 0.4) is 0 Å². The first kappa shape index (κ1) is 20.4. The Kier molecular flexibility index (Phi) is 5.79. The highest BCUT2D eigenvalue weighted by Crippen LogP contribution is 2.42. The van der Waals surface area contributed by atoms with Crippen molar-refractivity contribution in [2.75, 3.05) is 16.0 Å². The van der Waals surface area contributed by atoms with Crippen LogP contribution in [0, 0.1) is 12.7 Å². The lowest BCUT2D eigenvalue weighted by Gasteiger charge is -2.25. The molecule has 0 unspecified atom stereocenters. The molecule has 0 aromatic heterocycles. The van der Waals surface area contributed by atoms with E-state index >= 15 is 0 Å². The minimum Gasteiger partial charge on any atom is -0.322 e. The van der Waals surface area contributed by atoms with Crippen molar-refractivity contribution in [3.8, 4) is 0 Å². The Hall–Kier alpha value is -2.83. The monoisotopic (exact) mass is 440 g/mol. The van der Waals surface area contributed by atoms with Gasteiger partial charge < -0.3 is 5.32 Å². The first-order valence-corrected chi connectivity index (χ1v) is 10.7. The van der Waals surface area contributed by atoms with Crippen LogP contribution in [0.25, 0.3) is 0 Å². The second kappa shape index (κ2) is 8.50. The quantitative estimate of drug-likeness (QED) is 0.556. The van der Waals surface area contributed by atoms with Crippen molar-refractivity contribution in [3.63, 3.8) is 0 Å². The maximum Gasteiger partial charge on any atom is 0.255 e. The largest absolute Gasteiger partial charge is 0.322 e. The normalized spacial score (nSPS) is 16.0. The first-order chi connectivity index (χ1) is 14.4. The molecule has 3 aromatic carbocycles. The van der Waals surface area contributed by atoms with E-state index in [2.05, 4.69) is 5.32 Å². The smallest absolute Gasteiger partial charge is 0.255 e. The maximum atomic E-state index is 14.1. The Balaban J connectivity index is 1.60.